The van der Waals surface area contributed by atoms with Crippen LogP contribution in [0, 0.1) is 0 Å². The van der Waals surface area contributed by atoms with Gasteiger partial charge in [-0.25, -0.2) is 0 Å². The van der Waals surface area contributed by atoms with E-state index in [1.165, 1.54) is 29.1 Å². The summed E-state index contributed by atoms with van der Waals surface area (Å²) in [4.78, 5) is 8.80. The van der Waals surface area contributed by atoms with Gasteiger partial charge in [-0.3, -0.25) is 14.1 Å². The molecule has 2 heterocycles. The van der Waals surface area contributed by atoms with E-state index >= 15 is 0 Å². The summed E-state index contributed by atoms with van der Waals surface area (Å²) in [7, 11) is -4.67. The van der Waals surface area contributed by atoms with Crippen molar-refractivity contribution >= 4 is 28.0 Å². The molecule has 2 N–H and O–H groups in total. The van der Waals surface area contributed by atoms with E-state index in [0.29, 0.717) is 11.3 Å². The molecule has 2 aliphatic rings. The van der Waals surface area contributed by atoms with Gasteiger partial charge in [0.1, 0.15) is 5.84 Å². The van der Waals surface area contributed by atoms with Gasteiger partial charge in [-0.05, 0) is 30.5 Å². The summed E-state index contributed by atoms with van der Waals surface area (Å²) in [6, 6.07) is 22.0. The average molecular weight is 407 g/mol. The van der Waals surface area contributed by atoms with Crippen molar-refractivity contribution < 1.29 is 17.5 Å². The Hall–Kier alpha value is -1.87. The minimum atomic E-state index is -4.67. The van der Waals surface area contributed by atoms with E-state index in [0.717, 1.165) is 13.1 Å². The molecule has 2 aromatic carbocycles. The molecule has 0 amide bonds. The van der Waals surface area contributed by atoms with Crippen LogP contribution >= 0.6 is 11.8 Å². The van der Waals surface area contributed by atoms with Crippen molar-refractivity contribution in [3.63, 3.8) is 0 Å². The van der Waals surface area contributed by atoms with E-state index < -0.39 is 10.4 Å². The topological polar surface area (TPSA) is 90.2 Å². The summed E-state index contributed by atoms with van der Waals surface area (Å²) < 4.78 is 31.6. The third-order valence-electron chi connectivity index (χ3n) is 4.46. The van der Waals surface area contributed by atoms with Crippen molar-refractivity contribution in [1.29, 1.82) is 0 Å². The van der Waals surface area contributed by atoms with Crippen molar-refractivity contribution in [2.75, 3.05) is 13.1 Å². The van der Waals surface area contributed by atoms with E-state index in [4.69, 9.17) is 22.5 Å². The van der Waals surface area contributed by atoms with Gasteiger partial charge >= 0.3 is 10.4 Å². The summed E-state index contributed by atoms with van der Waals surface area (Å²) in [5, 5.41) is 0.505. The van der Waals surface area contributed by atoms with Gasteiger partial charge in [-0.2, -0.15) is 8.42 Å². The molecule has 4 rings (SSSR count). The van der Waals surface area contributed by atoms with Gasteiger partial charge < -0.3 is 4.90 Å². The number of fused-ring (bicyclic) bond motifs is 1. The van der Waals surface area contributed by atoms with Gasteiger partial charge in [0.05, 0.1) is 17.8 Å². The number of thioether (sulfide) groups is 1. The molecule has 8 heteroatoms. The highest BCUT2D eigenvalue weighted by molar-refractivity contribution is 8.00. The second kappa shape index (κ2) is 8.88. The number of hydrogen-bond donors (Lipinski definition) is 2. The first-order chi connectivity index (χ1) is 12.9. The minimum absolute atomic E-state index is 0.440. The van der Waals surface area contributed by atoms with Crippen LogP contribution in [0.1, 0.15) is 24.4 Å². The quantitative estimate of drug-likeness (QED) is 0.755. The zero-order chi connectivity index (χ0) is 19.3. The number of rotatable bonds is 3. The molecule has 1 saturated heterocycles. The van der Waals surface area contributed by atoms with Crippen LogP contribution in [0.2, 0.25) is 0 Å². The molecule has 2 atom stereocenters. The lowest BCUT2D eigenvalue weighted by Gasteiger charge is -2.36. The lowest BCUT2D eigenvalue weighted by atomic mass is 10.0. The lowest BCUT2D eigenvalue weighted by Crippen LogP contribution is -2.41. The zero-order valence-corrected chi connectivity index (χ0v) is 16.3. The zero-order valence-electron chi connectivity index (χ0n) is 14.7. The third-order valence-corrected chi connectivity index (χ3v) is 5.73. The molecule has 1 fully saturated rings. The van der Waals surface area contributed by atoms with Gasteiger partial charge in [0.2, 0.25) is 0 Å². The SMILES string of the molecule is O=S(=O)(O)O.c1ccc(SC2CCCN3C2=NCC3c2ccccc2)cc1. The largest absolute Gasteiger partial charge is 0.394 e. The number of aliphatic imine (C=N–C) groups is 1. The first-order valence-corrected chi connectivity index (χ1v) is 11.0. The Morgan fingerprint density at radius 2 is 1.59 bits per heavy atom. The Morgan fingerprint density at radius 1 is 1.00 bits per heavy atom. The molecule has 2 unspecified atom stereocenters. The Morgan fingerprint density at radius 3 is 2.22 bits per heavy atom. The minimum Gasteiger partial charge on any atom is -0.351 e. The number of piperidine rings is 1. The van der Waals surface area contributed by atoms with Crippen molar-refractivity contribution in [2.24, 2.45) is 4.99 Å². The van der Waals surface area contributed by atoms with Crippen LogP contribution in [0.4, 0.5) is 0 Å². The molecule has 2 aromatic rings. The van der Waals surface area contributed by atoms with E-state index in [1.54, 1.807) is 0 Å². The van der Waals surface area contributed by atoms with Crippen LogP contribution < -0.4 is 0 Å². The maximum atomic E-state index is 8.74. The number of hydrogen-bond acceptors (Lipinski definition) is 5. The van der Waals surface area contributed by atoms with Gasteiger partial charge in [-0.1, -0.05) is 48.5 Å². The molecular weight excluding hydrogens is 384 g/mol. The first kappa shape index (κ1) is 19.9. The molecule has 2 aliphatic heterocycles. The molecule has 27 heavy (non-hydrogen) atoms. The van der Waals surface area contributed by atoms with Gasteiger partial charge in [0, 0.05) is 11.4 Å². The Bertz CT molecular complexity index is 865. The summed E-state index contributed by atoms with van der Waals surface area (Å²) in [5.41, 5.74) is 1.40. The van der Waals surface area contributed by atoms with Crippen LogP contribution in [0.25, 0.3) is 0 Å². The van der Waals surface area contributed by atoms with Gasteiger partial charge in [0.15, 0.2) is 0 Å². The monoisotopic (exact) mass is 406 g/mol. The van der Waals surface area contributed by atoms with Crippen LogP contribution in [0.15, 0.2) is 70.6 Å². The van der Waals surface area contributed by atoms with Gasteiger partial charge in [0.25, 0.3) is 0 Å². The highest BCUT2D eigenvalue weighted by Gasteiger charge is 2.36. The fourth-order valence-electron chi connectivity index (χ4n) is 3.40. The normalized spacial score (nSPS) is 21.7. The molecule has 0 bridgehead atoms. The lowest BCUT2D eigenvalue weighted by molar-refractivity contribution is 0.320. The predicted octanol–water partition coefficient (Wildman–Crippen LogP) is 3.74. The van der Waals surface area contributed by atoms with Crippen LogP contribution in [0.5, 0.6) is 0 Å². The van der Waals surface area contributed by atoms with Crippen LogP contribution in [-0.2, 0) is 10.4 Å². The Labute approximate surface area is 163 Å². The Balaban J connectivity index is 0.000000376. The number of nitrogens with zero attached hydrogens (tertiary/aromatic N) is 2. The van der Waals surface area contributed by atoms with Crippen molar-refractivity contribution in [1.82, 2.24) is 4.90 Å². The molecule has 6 nitrogen and oxygen atoms in total. The number of amidine groups is 1. The summed E-state index contributed by atoms with van der Waals surface area (Å²) >= 11 is 1.97. The average Bonchev–Trinajstić information content (AvgIpc) is 3.07. The number of benzene rings is 2. The maximum absolute atomic E-state index is 8.74. The Kier molecular flexibility index (Phi) is 6.54. The smallest absolute Gasteiger partial charge is 0.351 e. The highest BCUT2D eigenvalue weighted by Crippen LogP contribution is 2.37. The van der Waals surface area contributed by atoms with Crippen molar-refractivity contribution in [3.05, 3.63) is 66.2 Å². The second-order valence-corrected chi connectivity index (χ2v) is 8.50. The fourth-order valence-corrected chi connectivity index (χ4v) is 4.64. The third kappa shape index (κ3) is 5.80. The molecule has 0 aliphatic carbocycles. The first-order valence-electron chi connectivity index (χ1n) is 8.69. The fraction of sp³-hybridized carbons (Fsp3) is 0.316. The molecule has 144 valence electrons. The second-order valence-electron chi connectivity index (χ2n) is 6.33. The standard InChI is InChI=1S/C19H20N2S.H2O4S/c1-3-8-15(9-4-1)17-14-20-19-18(12-7-13-21(17)19)22-16-10-5-2-6-11-16;1-5(2,3)4/h1-6,8-11,17-18H,7,12-14H2;(H2,1,2,3,4). The molecule has 0 saturated carbocycles. The van der Waals surface area contributed by atoms with Gasteiger partial charge in [-0.15, -0.1) is 11.8 Å². The highest BCUT2D eigenvalue weighted by atomic mass is 32.3. The molecule has 0 spiro atoms. The molecule has 0 aromatic heterocycles. The van der Waals surface area contributed by atoms with Crippen LogP contribution in [0.3, 0.4) is 0 Å². The van der Waals surface area contributed by atoms with Crippen molar-refractivity contribution in [2.45, 2.75) is 29.0 Å². The summed E-state index contributed by atoms with van der Waals surface area (Å²) in [5.74, 6) is 1.31. The van der Waals surface area contributed by atoms with Crippen molar-refractivity contribution in [3.8, 4) is 0 Å². The van der Waals surface area contributed by atoms with E-state index in [1.807, 2.05) is 11.8 Å². The predicted molar refractivity (Wildman–Crippen MR) is 108 cm³/mol. The van der Waals surface area contributed by atoms with E-state index in [-0.39, 0.29) is 0 Å². The molecular formula is C19H22N2O4S2. The molecule has 0 radical (unpaired) electrons. The summed E-state index contributed by atoms with van der Waals surface area (Å²) in [6.07, 6.45) is 2.49. The maximum Gasteiger partial charge on any atom is 0.394 e. The van der Waals surface area contributed by atoms with E-state index in [9.17, 15) is 0 Å². The van der Waals surface area contributed by atoms with E-state index in [2.05, 4.69) is 65.6 Å². The summed E-state index contributed by atoms with van der Waals surface area (Å²) in [6.45, 7) is 2.05. The van der Waals surface area contributed by atoms with Crippen LogP contribution in [-0.4, -0.2) is 46.6 Å².